The van der Waals surface area contributed by atoms with Gasteiger partial charge in [0.25, 0.3) is 0 Å². The molecule has 0 aromatic rings. The smallest absolute Gasteiger partial charge is 0.303 e. The molecule has 2 unspecified atom stereocenters. The fraction of sp³-hybridized carbons (Fsp3) is 0.929. The Labute approximate surface area is 233 Å². The van der Waals surface area contributed by atoms with Gasteiger partial charge >= 0.3 is 15.2 Å². The summed E-state index contributed by atoms with van der Waals surface area (Å²) in [6.07, 6.45) is 7.69. The van der Waals surface area contributed by atoms with Crippen LogP contribution in [0.25, 0.3) is 0 Å². The molecule has 0 heterocycles. The maximum Gasteiger partial charge on any atom is 0.397 e. The van der Waals surface area contributed by atoms with Gasteiger partial charge in [0.15, 0.2) is 0 Å². The van der Waals surface area contributed by atoms with Crippen molar-refractivity contribution < 1.29 is 36.8 Å². The SMILES string of the molecule is CCCCC(CC)C(=O)P(=O)(OC(C)C)OC(C)C.CCCCC(CC)C(=O)P(=O)(OCCC)OCCC. The van der Waals surface area contributed by atoms with Gasteiger partial charge in [-0.05, 0) is 66.2 Å². The van der Waals surface area contributed by atoms with Crippen LogP contribution in [0.15, 0.2) is 0 Å². The van der Waals surface area contributed by atoms with E-state index in [1.165, 1.54) is 0 Å². The lowest BCUT2D eigenvalue weighted by atomic mass is 10.0. The zero-order valence-corrected chi connectivity index (χ0v) is 27.7. The van der Waals surface area contributed by atoms with Crippen LogP contribution in [-0.2, 0) is 36.8 Å². The van der Waals surface area contributed by atoms with Crippen molar-refractivity contribution in [2.24, 2.45) is 11.8 Å². The number of carbonyl (C=O) groups is 2. The van der Waals surface area contributed by atoms with Crippen LogP contribution in [0.2, 0.25) is 0 Å². The fourth-order valence-corrected chi connectivity index (χ4v) is 7.68. The van der Waals surface area contributed by atoms with Crippen LogP contribution in [0.4, 0.5) is 0 Å². The Kier molecular flexibility index (Phi) is 23.4. The molecule has 0 saturated heterocycles. The van der Waals surface area contributed by atoms with E-state index in [4.69, 9.17) is 18.1 Å². The molecule has 0 saturated carbocycles. The highest BCUT2D eigenvalue weighted by Gasteiger charge is 2.41. The second-order valence-electron chi connectivity index (χ2n) is 10.1. The van der Waals surface area contributed by atoms with Crippen molar-refractivity contribution in [3.05, 3.63) is 0 Å². The molecule has 8 nitrogen and oxygen atoms in total. The zero-order valence-electron chi connectivity index (χ0n) is 26.0. The van der Waals surface area contributed by atoms with Crippen molar-refractivity contribution in [1.29, 1.82) is 0 Å². The lowest BCUT2D eigenvalue weighted by Crippen LogP contribution is -2.20. The van der Waals surface area contributed by atoms with Crippen molar-refractivity contribution in [3.63, 3.8) is 0 Å². The maximum absolute atomic E-state index is 12.7. The Bertz CT molecular complexity index is 698. The van der Waals surface area contributed by atoms with Crippen LogP contribution in [0, 0.1) is 11.8 Å². The summed E-state index contributed by atoms with van der Waals surface area (Å²) >= 11 is 0. The predicted octanol–water partition coefficient (Wildman–Crippen LogP) is 9.55. The molecule has 0 N–H and O–H groups in total. The summed E-state index contributed by atoms with van der Waals surface area (Å²) in [6.45, 7) is 19.5. The molecule has 0 amide bonds. The third-order valence-corrected chi connectivity index (χ3v) is 9.92. The van der Waals surface area contributed by atoms with Gasteiger partial charge in [-0.2, -0.15) is 0 Å². The van der Waals surface area contributed by atoms with Gasteiger partial charge in [-0.15, -0.1) is 0 Å². The van der Waals surface area contributed by atoms with Gasteiger partial charge in [0, 0.05) is 11.8 Å². The van der Waals surface area contributed by atoms with Crippen LogP contribution in [0.5, 0.6) is 0 Å². The number of hydrogen-bond acceptors (Lipinski definition) is 8. The maximum atomic E-state index is 12.7. The van der Waals surface area contributed by atoms with Gasteiger partial charge in [0.05, 0.1) is 25.4 Å². The van der Waals surface area contributed by atoms with E-state index in [-0.39, 0.29) is 35.1 Å². The topological polar surface area (TPSA) is 105 Å². The van der Waals surface area contributed by atoms with E-state index in [1.807, 2.05) is 27.7 Å². The summed E-state index contributed by atoms with van der Waals surface area (Å²) in [7, 11) is -7.27. The molecule has 228 valence electrons. The highest BCUT2D eigenvalue weighted by atomic mass is 31.2. The van der Waals surface area contributed by atoms with Gasteiger partial charge in [-0.3, -0.25) is 18.7 Å². The van der Waals surface area contributed by atoms with Gasteiger partial charge in [-0.1, -0.05) is 67.2 Å². The number of carbonyl (C=O) groups excluding carboxylic acids is 2. The van der Waals surface area contributed by atoms with Crippen LogP contribution < -0.4 is 0 Å². The summed E-state index contributed by atoms with van der Waals surface area (Å²) in [6, 6.07) is 0. The summed E-state index contributed by atoms with van der Waals surface area (Å²) in [5.41, 5.74) is -0.684. The number of hydrogen-bond donors (Lipinski definition) is 0. The Balaban J connectivity index is 0. The first-order valence-electron chi connectivity index (χ1n) is 14.8. The van der Waals surface area contributed by atoms with Crippen LogP contribution in [0.1, 0.15) is 133 Å². The summed E-state index contributed by atoms with van der Waals surface area (Å²) < 4.78 is 46.6. The summed E-state index contributed by atoms with van der Waals surface area (Å²) in [5, 5.41) is 0. The first-order chi connectivity index (χ1) is 17.8. The molecule has 0 spiro atoms. The van der Waals surface area contributed by atoms with Crippen molar-refractivity contribution in [2.75, 3.05) is 13.2 Å². The highest BCUT2D eigenvalue weighted by molar-refractivity contribution is 7.72. The van der Waals surface area contributed by atoms with Crippen molar-refractivity contribution >= 4 is 26.2 Å². The van der Waals surface area contributed by atoms with Gasteiger partial charge in [0.2, 0.25) is 11.0 Å². The Morgan fingerprint density at radius 3 is 1.18 bits per heavy atom. The van der Waals surface area contributed by atoms with E-state index in [1.54, 1.807) is 27.7 Å². The molecule has 0 aliphatic rings. The Morgan fingerprint density at radius 2 is 0.921 bits per heavy atom. The normalized spacial score (nSPS) is 13.8. The van der Waals surface area contributed by atoms with Crippen molar-refractivity contribution in [2.45, 2.75) is 146 Å². The Hall–Kier alpha value is -0.360. The molecule has 0 aliphatic heterocycles. The molecule has 0 aromatic heterocycles. The summed E-state index contributed by atoms with van der Waals surface area (Å²) in [5.74, 6) is -0.442. The third-order valence-electron chi connectivity index (χ3n) is 5.67. The lowest BCUT2D eigenvalue weighted by Gasteiger charge is -2.24. The molecule has 0 fully saturated rings. The van der Waals surface area contributed by atoms with E-state index in [9.17, 15) is 18.7 Å². The molecule has 0 rings (SSSR count). The first-order valence-corrected chi connectivity index (χ1v) is 17.8. The lowest BCUT2D eigenvalue weighted by molar-refractivity contribution is -0.118. The van der Waals surface area contributed by atoms with E-state index in [2.05, 4.69) is 13.8 Å². The Morgan fingerprint density at radius 1 is 0.579 bits per heavy atom. The van der Waals surface area contributed by atoms with Gasteiger partial charge in [-0.25, -0.2) is 0 Å². The quantitative estimate of drug-likeness (QED) is 0.116. The summed E-state index contributed by atoms with van der Waals surface area (Å²) in [4.78, 5) is 24.9. The fourth-order valence-electron chi connectivity index (χ4n) is 3.62. The number of unbranched alkanes of at least 4 members (excludes halogenated alkanes) is 2. The third kappa shape index (κ3) is 16.0. The largest absolute Gasteiger partial charge is 0.397 e. The molecular weight excluding hydrogens is 526 g/mol. The van der Waals surface area contributed by atoms with Crippen molar-refractivity contribution in [1.82, 2.24) is 0 Å². The molecule has 10 heteroatoms. The number of rotatable bonds is 22. The molecule has 2 atom stereocenters. The molecule has 0 radical (unpaired) electrons. The monoisotopic (exact) mass is 584 g/mol. The minimum Gasteiger partial charge on any atom is -0.303 e. The van der Waals surface area contributed by atoms with Crippen LogP contribution in [0.3, 0.4) is 0 Å². The van der Waals surface area contributed by atoms with Crippen LogP contribution >= 0.6 is 15.2 Å². The highest BCUT2D eigenvalue weighted by Crippen LogP contribution is 2.54. The molecule has 0 aromatic carbocycles. The first kappa shape index (κ1) is 39.8. The van der Waals surface area contributed by atoms with Crippen LogP contribution in [-0.4, -0.2) is 36.5 Å². The molecule has 0 bridgehead atoms. The minimum atomic E-state index is -3.67. The average molecular weight is 585 g/mol. The van der Waals surface area contributed by atoms with E-state index in [0.29, 0.717) is 26.1 Å². The standard InChI is InChI=1S/2C14H29O4P/c1-7-9-10-13(8-2)14(15)19(16,17-11(3)4)18-12(5)6;1-5-9-10-13(8-4)14(15)19(16,17-11-6-2)18-12-7-3/h11-13H,7-10H2,1-6H3;13H,5-12H2,1-4H3. The average Bonchev–Trinajstić information content (AvgIpc) is 2.86. The van der Waals surface area contributed by atoms with Crippen molar-refractivity contribution in [3.8, 4) is 0 Å². The van der Waals surface area contributed by atoms with Gasteiger partial charge in [0.1, 0.15) is 0 Å². The second kappa shape index (κ2) is 22.3. The van der Waals surface area contributed by atoms with Gasteiger partial charge < -0.3 is 18.1 Å². The van der Waals surface area contributed by atoms with E-state index < -0.39 is 15.2 Å². The predicted molar refractivity (Wildman–Crippen MR) is 157 cm³/mol. The minimum absolute atomic E-state index is 0.209. The second-order valence-corrected chi connectivity index (χ2v) is 14.0. The molecular formula is C28H58O8P2. The molecule has 0 aliphatic carbocycles. The molecule has 38 heavy (non-hydrogen) atoms. The van der Waals surface area contributed by atoms with E-state index in [0.717, 1.165) is 51.4 Å². The van der Waals surface area contributed by atoms with E-state index >= 15 is 0 Å². The zero-order chi connectivity index (χ0) is 29.8.